The van der Waals surface area contributed by atoms with Crippen molar-refractivity contribution in [2.75, 3.05) is 13.1 Å². The molecule has 2 heterocycles. The molecule has 0 bridgehead atoms. The van der Waals surface area contributed by atoms with Gasteiger partial charge in [0.1, 0.15) is 0 Å². The minimum absolute atomic E-state index is 0.170. The molecule has 1 aliphatic rings. The maximum Gasteiger partial charge on any atom is 0.243 e. The molecule has 1 aromatic rings. The lowest BCUT2D eigenvalue weighted by Gasteiger charge is -2.37. The summed E-state index contributed by atoms with van der Waals surface area (Å²) in [5, 5.41) is 2.31. The van der Waals surface area contributed by atoms with Crippen LogP contribution in [0.5, 0.6) is 0 Å². The molecular weight excluding hydrogens is 232 g/mol. The molecule has 0 saturated carbocycles. The molecule has 0 aliphatic carbocycles. The van der Waals surface area contributed by atoms with Crippen LogP contribution in [-0.2, 0) is 9.59 Å². The molecule has 1 fully saturated rings. The van der Waals surface area contributed by atoms with E-state index in [9.17, 15) is 9.59 Å². The Morgan fingerprint density at radius 3 is 3.00 bits per heavy atom. The number of carbonyl (C=O) groups is 2. The molecule has 2 amide bonds. The fourth-order valence-electron chi connectivity index (χ4n) is 2.15. The van der Waals surface area contributed by atoms with Crippen LogP contribution in [0.25, 0.3) is 0 Å². The Kier molecular flexibility index (Phi) is 3.69. The van der Waals surface area contributed by atoms with Crippen molar-refractivity contribution in [2.45, 2.75) is 19.0 Å². The fraction of sp³-hybridized carbons (Fsp3) is 0.417. The normalized spacial score (nSPS) is 22.7. The number of amides is 2. The van der Waals surface area contributed by atoms with E-state index in [-0.39, 0.29) is 30.4 Å². The van der Waals surface area contributed by atoms with Gasteiger partial charge in [-0.25, -0.2) is 0 Å². The van der Waals surface area contributed by atoms with Crippen molar-refractivity contribution in [3.8, 4) is 0 Å². The van der Waals surface area contributed by atoms with E-state index < -0.39 is 0 Å². The van der Waals surface area contributed by atoms with Gasteiger partial charge < -0.3 is 5.73 Å². The highest BCUT2D eigenvalue weighted by Crippen LogP contribution is 2.22. The maximum atomic E-state index is 11.6. The molecule has 2 unspecified atom stereocenters. The van der Waals surface area contributed by atoms with Crippen LogP contribution in [-0.4, -0.2) is 40.8 Å². The molecule has 0 aromatic carbocycles. The summed E-state index contributed by atoms with van der Waals surface area (Å²) in [5.74, 6) is -0.575. The number of aromatic nitrogens is 1. The number of hydrogen-bond acceptors (Lipinski definition) is 5. The van der Waals surface area contributed by atoms with Crippen LogP contribution >= 0.6 is 0 Å². The Morgan fingerprint density at radius 2 is 2.39 bits per heavy atom. The van der Waals surface area contributed by atoms with Crippen LogP contribution < -0.4 is 11.1 Å². The third-order valence-electron chi connectivity index (χ3n) is 3.16. The van der Waals surface area contributed by atoms with Gasteiger partial charge in [-0.15, -0.1) is 0 Å². The molecular formula is C12H16N4O2. The van der Waals surface area contributed by atoms with Gasteiger partial charge in [0.05, 0.1) is 12.6 Å². The van der Waals surface area contributed by atoms with Crippen LogP contribution in [0.1, 0.15) is 18.5 Å². The van der Waals surface area contributed by atoms with Gasteiger partial charge in [0.2, 0.25) is 11.8 Å². The number of piperazine rings is 1. The van der Waals surface area contributed by atoms with Crippen LogP contribution in [0.2, 0.25) is 0 Å². The molecule has 1 saturated heterocycles. The first-order chi connectivity index (χ1) is 8.63. The average Bonchev–Trinajstić information content (AvgIpc) is 2.37. The zero-order valence-corrected chi connectivity index (χ0v) is 10.2. The van der Waals surface area contributed by atoms with Crippen molar-refractivity contribution in [1.29, 1.82) is 0 Å². The molecule has 2 atom stereocenters. The van der Waals surface area contributed by atoms with E-state index >= 15 is 0 Å². The second-order valence-corrected chi connectivity index (χ2v) is 4.30. The van der Waals surface area contributed by atoms with Gasteiger partial charge in [0.25, 0.3) is 0 Å². The Bertz CT molecular complexity index is 449. The van der Waals surface area contributed by atoms with Crippen LogP contribution in [0.3, 0.4) is 0 Å². The zero-order valence-electron chi connectivity index (χ0n) is 10.2. The minimum atomic E-state index is -0.378. The summed E-state index contributed by atoms with van der Waals surface area (Å²) in [6, 6.07) is 3.16. The highest BCUT2D eigenvalue weighted by Gasteiger charge is 2.34. The number of nitrogens with zero attached hydrogens (tertiary/aromatic N) is 2. The van der Waals surface area contributed by atoms with E-state index in [1.165, 1.54) is 0 Å². The predicted molar refractivity (Wildman–Crippen MR) is 65.4 cm³/mol. The Labute approximate surface area is 105 Å². The standard InChI is InChI=1S/C12H16N4O2/c1-8-12(18)15-11(17)7-16(8)10(5-13)9-3-2-4-14-6-9/h2-4,6,8,10H,5,7,13H2,1H3,(H,15,17,18). The Hall–Kier alpha value is -1.79. The van der Waals surface area contributed by atoms with Crippen LogP contribution in [0.4, 0.5) is 0 Å². The van der Waals surface area contributed by atoms with Crippen LogP contribution in [0, 0.1) is 0 Å². The number of pyridine rings is 1. The molecule has 3 N–H and O–H groups in total. The van der Waals surface area contributed by atoms with Crippen LogP contribution in [0.15, 0.2) is 24.5 Å². The highest BCUT2D eigenvalue weighted by molar-refractivity contribution is 6.00. The van der Waals surface area contributed by atoms with Crippen molar-refractivity contribution in [3.63, 3.8) is 0 Å². The highest BCUT2D eigenvalue weighted by atomic mass is 16.2. The molecule has 2 rings (SSSR count). The second kappa shape index (κ2) is 5.24. The Morgan fingerprint density at radius 1 is 1.61 bits per heavy atom. The smallest absolute Gasteiger partial charge is 0.243 e. The lowest BCUT2D eigenvalue weighted by Crippen LogP contribution is -2.58. The lowest BCUT2D eigenvalue weighted by atomic mass is 10.0. The number of rotatable bonds is 3. The molecule has 6 nitrogen and oxygen atoms in total. The van der Waals surface area contributed by atoms with Crippen molar-refractivity contribution < 1.29 is 9.59 Å². The van der Waals surface area contributed by atoms with Crippen molar-refractivity contribution in [1.82, 2.24) is 15.2 Å². The largest absolute Gasteiger partial charge is 0.329 e. The first kappa shape index (κ1) is 12.7. The summed E-state index contributed by atoms with van der Waals surface area (Å²) in [4.78, 5) is 28.9. The van der Waals surface area contributed by atoms with Gasteiger partial charge in [-0.05, 0) is 18.6 Å². The van der Waals surface area contributed by atoms with Gasteiger partial charge in [0, 0.05) is 25.0 Å². The average molecular weight is 248 g/mol. The minimum Gasteiger partial charge on any atom is -0.329 e. The molecule has 1 aromatic heterocycles. The number of carbonyl (C=O) groups excluding carboxylic acids is 2. The monoisotopic (exact) mass is 248 g/mol. The predicted octanol–water partition coefficient (Wildman–Crippen LogP) is -0.572. The topological polar surface area (TPSA) is 88.3 Å². The van der Waals surface area contributed by atoms with Gasteiger partial charge in [-0.3, -0.25) is 24.8 Å². The summed E-state index contributed by atoms with van der Waals surface area (Å²) >= 11 is 0. The van der Waals surface area contributed by atoms with Gasteiger partial charge in [0.15, 0.2) is 0 Å². The first-order valence-corrected chi connectivity index (χ1v) is 5.83. The summed E-state index contributed by atoms with van der Waals surface area (Å²) < 4.78 is 0. The van der Waals surface area contributed by atoms with Crippen molar-refractivity contribution in [3.05, 3.63) is 30.1 Å². The van der Waals surface area contributed by atoms with Gasteiger partial charge >= 0.3 is 0 Å². The van der Waals surface area contributed by atoms with Gasteiger partial charge in [-0.2, -0.15) is 0 Å². The molecule has 0 spiro atoms. The fourth-order valence-corrected chi connectivity index (χ4v) is 2.15. The summed E-state index contributed by atoms with van der Waals surface area (Å²) in [6.07, 6.45) is 3.38. The van der Waals surface area contributed by atoms with E-state index in [0.717, 1.165) is 5.56 Å². The zero-order chi connectivity index (χ0) is 13.1. The molecule has 96 valence electrons. The maximum absolute atomic E-state index is 11.6. The Balaban J connectivity index is 2.27. The van der Waals surface area contributed by atoms with E-state index in [4.69, 9.17) is 5.73 Å². The first-order valence-electron chi connectivity index (χ1n) is 5.83. The van der Waals surface area contributed by atoms with E-state index in [1.54, 1.807) is 24.2 Å². The summed E-state index contributed by atoms with van der Waals surface area (Å²) in [7, 11) is 0. The third kappa shape index (κ3) is 2.39. The molecule has 6 heteroatoms. The van der Waals surface area contributed by atoms with E-state index in [2.05, 4.69) is 10.3 Å². The van der Waals surface area contributed by atoms with Crippen molar-refractivity contribution >= 4 is 11.8 Å². The third-order valence-corrected chi connectivity index (χ3v) is 3.16. The van der Waals surface area contributed by atoms with E-state index in [0.29, 0.717) is 6.54 Å². The summed E-state index contributed by atoms with van der Waals surface area (Å²) in [5.41, 5.74) is 6.69. The van der Waals surface area contributed by atoms with Crippen molar-refractivity contribution in [2.24, 2.45) is 5.73 Å². The molecule has 0 radical (unpaired) electrons. The number of nitrogens with one attached hydrogen (secondary N) is 1. The SMILES string of the molecule is CC1C(=O)NC(=O)CN1C(CN)c1cccnc1. The second-order valence-electron chi connectivity index (χ2n) is 4.30. The number of hydrogen-bond donors (Lipinski definition) is 2. The van der Waals surface area contributed by atoms with E-state index in [1.807, 2.05) is 12.1 Å². The molecule has 18 heavy (non-hydrogen) atoms. The lowest BCUT2D eigenvalue weighted by molar-refractivity contribution is -0.140. The van der Waals surface area contributed by atoms with Gasteiger partial charge in [-0.1, -0.05) is 6.07 Å². The summed E-state index contributed by atoms with van der Waals surface area (Å²) in [6.45, 7) is 2.26. The number of imide groups is 1. The number of nitrogens with two attached hydrogens (primary N) is 1. The quantitative estimate of drug-likeness (QED) is 0.699. The molecule has 1 aliphatic heterocycles.